The molecule has 100 valence electrons. The third-order valence-corrected chi connectivity index (χ3v) is 2.76. The van der Waals surface area contributed by atoms with E-state index in [-0.39, 0.29) is 6.10 Å². The van der Waals surface area contributed by atoms with Gasteiger partial charge < -0.3 is 9.84 Å². The summed E-state index contributed by atoms with van der Waals surface area (Å²) in [6, 6.07) is 9.48. The molecular formula is C16H19NO2. The number of aliphatic hydroxyl groups is 1. The highest BCUT2D eigenvalue weighted by Gasteiger charge is 2.12. The van der Waals surface area contributed by atoms with Crippen molar-refractivity contribution in [3.8, 4) is 5.75 Å². The lowest BCUT2D eigenvalue weighted by Gasteiger charge is -2.14. The van der Waals surface area contributed by atoms with Crippen LogP contribution in [0.4, 0.5) is 0 Å². The number of ether oxygens (including phenoxy) is 1. The number of pyridine rings is 1. The minimum absolute atomic E-state index is 0.119. The van der Waals surface area contributed by atoms with Crippen molar-refractivity contribution in [3.63, 3.8) is 0 Å². The second kappa shape index (κ2) is 5.85. The van der Waals surface area contributed by atoms with Gasteiger partial charge in [-0.05, 0) is 44.0 Å². The highest BCUT2D eigenvalue weighted by molar-refractivity contribution is 5.35. The molecule has 0 bridgehead atoms. The van der Waals surface area contributed by atoms with E-state index in [2.05, 4.69) is 4.98 Å². The number of nitrogens with zero attached hydrogens (tertiary/aromatic N) is 1. The Hall–Kier alpha value is -1.87. The first-order chi connectivity index (χ1) is 9.06. The van der Waals surface area contributed by atoms with Gasteiger partial charge in [-0.1, -0.05) is 18.2 Å². The summed E-state index contributed by atoms with van der Waals surface area (Å²) >= 11 is 0. The van der Waals surface area contributed by atoms with Crippen LogP contribution in [0.15, 0.2) is 42.7 Å². The van der Waals surface area contributed by atoms with Crippen LogP contribution in [0.25, 0.3) is 0 Å². The van der Waals surface area contributed by atoms with Crippen LogP contribution in [0.1, 0.15) is 36.6 Å². The Morgan fingerprint density at radius 2 is 1.89 bits per heavy atom. The van der Waals surface area contributed by atoms with E-state index in [1.54, 1.807) is 12.4 Å². The van der Waals surface area contributed by atoms with Crippen molar-refractivity contribution >= 4 is 0 Å². The number of aryl methyl sites for hydroxylation is 1. The molecule has 0 fully saturated rings. The maximum absolute atomic E-state index is 10.4. The smallest absolute Gasteiger partial charge is 0.120 e. The number of aromatic nitrogens is 1. The zero-order valence-electron chi connectivity index (χ0n) is 11.5. The summed E-state index contributed by atoms with van der Waals surface area (Å²) in [4.78, 5) is 4.11. The molecule has 0 spiro atoms. The standard InChI is InChI=1S/C16H19NO2/c1-11(2)19-15-6-4-5-13(8-15)16(18)14-7-12(3)9-17-10-14/h4-11,16,18H,1-3H3. The van der Waals surface area contributed by atoms with Crippen molar-refractivity contribution in [1.29, 1.82) is 0 Å². The molecule has 0 aliphatic heterocycles. The molecule has 0 saturated carbocycles. The van der Waals surface area contributed by atoms with Gasteiger partial charge >= 0.3 is 0 Å². The molecule has 3 nitrogen and oxygen atoms in total. The van der Waals surface area contributed by atoms with Crippen LogP contribution in [0.5, 0.6) is 5.75 Å². The van der Waals surface area contributed by atoms with Gasteiger partial charge in [-0.25, -0.2) is 0 Å². The zero-order valence-corrected chi connectivity index (χ0v) is 11.5. The first-order valence-electron chi connectivity index (χ1n) is 6.42. The Morgan fingerprint density at radius 1 is 1.11 bits per heavy atom. The monoisotopic (exact) mass is 257 g/mol. The zero-order chi connectivity index (χ0) is 13.8. The molecule has 1 N–H and O–H groups in total. The Bertz CT molecular complexity index is 552. The average Bonchev–Trinajstić information content (AvgIpc) is 2.37. The van der Waals surface area contributed by atoms with Crippen LogP contribution in [-0.2, 0) is 0 Å². The third-order valence-electron chi connectivity index (χ3n) is 2.76. The number of aliphatic hydroxyl groups excluding tert-OH is 1. The van der Waals surface area contributed by atoms with Gasteiger partial charge in [-0.3, -0.25) is 4.98 Å². The fourth-order valence-corrected chi connectivity index (χ4v) is 1.95. The van der Waals surface area contributed by atoms with Crippen LogP contribution in [0.3, 0.4) is 0 Å². The summed E-state index contributed by atoms with van der Waals surface area (Å²) in [7, 11) is 0. The van der Waals surface area contributed by atoms with Crippen molar-refractivity contribution in [2.45, 2.75) is 33.0 Å². The number of hydrogen-bond donors (Lipinski definition) is 1. The molecule has 1 aromatic heterocycles. The highest BCUT2D eigenvalue weighted by atomic mass is 16.5. The average molecular weight is 257 g/mol. The quantitative estimate of drug-likeness (QED) is 0.914. The summed E-state index contributed by atoms with van der Waals surface area (Å²) in [5.41, 5.74) is 2.64. The number of hydrogen-bond acceptors (Lipinski definition) is 3. The van der Waals surface area contributed by atoms with Crippen LogP contribution >= 0.6 is 0 Å². The van der Waals surface area contributed by atoms with Crippen LogP contribution in [-0.4, -0.2) is 16.2 Å². The fraction of sp³-hybridized carbons (Fsp3) is 0.312. The van der Waals surface area contributed by atoms with E-state index in [1.165, 1.54) is 0 Å². The summed E-state index contributed by atoms with van der Waals surface area (Å²) in [5, 5.41) is 10.4. The molecule has 1 atom stereocenters. The van der Waals surface area contributed by atoms with E-state index in [0.29, 0.717) is 0 Å². The molecule has 19 heavy (non-hydrogen) atoms. The first kappa shape index (κ1) is 13.6. The molecule has 0 amide bonds. The first-order valence-corrected chi connectivity index (χ1v) is 6.42. The number of rotatable bonds is 4. The third kappa shape index (κ3) is 3.55. The maximum Gasteiger partial charge on any atom is 0.120 e. The Labute approximate surface area is 113 Å². The molecular weight excluding hydrogens is 238 g/mol. The lowest BCUT2D eigenvalue weighted by atomic mass is 10.0. The summed E-state index contributed by atoms with van der Waals surface area (Å²) in [6.07, 6.45) is 2.90. The molecule has 1 aromatic carbocycles. The molecule has 2 rings (SSSR count). The lowest BCUT2D eigenvalue weighted by molar-refractivity contribution is 0.216. The predicted octanol–water partition coefficient (Wildman–Crippen LogP) is 3.26. The highest BCUT2D eigenvalue weighted by Crippen LogP contribution is 2.25. The second-order valence-corrected chi connectivity index (χ2v) is 4.94. The van der Waals surface area contributed by atoms with Gasteiger partial charge in [-0.15, -0.1) is 0 Å². The number of benzene rings is 1. The molecule has 2 aromatic rings. The summed E-state index contributed by atoms with van der Waals surface area (Å²) in [6.45, 7) is 5.92. The van der Waals surface area contributed by atoms with Crippen molar-refractivity contribution < 1.29 is 9.84 Å². The van der Waals surface area contributed by atoms with Crippen LogP contribution in [0, 0.1) is 6.92 Å². The van der Waals surface area contributed by atoms with Gasteiger partial charge in [-0.2, -0.15) is 0 Å². The van der Waals surface area contributed by atoms with E-state index in [4.69, 9.17) is 4.74 Å². The Kier molecular flexibility index (Phi) is 4.17. The van der Waals surface area contributed by atoms with E-state index < -0.39 is 6.10 Å². The van der Waals surface area contributed by atoms with Gasteiger partial charge in [0.2, 0.25) is 0 Å². The molecule has 0 aliphatic rings. The summed E-state index contributed by atoms with van der Waals surface area (Å²) in [5.74, 6) is 0.771. The van der Waals surface area contributed by atoms with Crippen molar-refractivity contribution in [1.82, 2.24) is 4.98 Å². The van der Waals surface area contributed by atoms with Gasteiger partial charge in [0.05, 0.1) is 6.10 Å². The molecule has 3 heteroatoms. The SMILES string of the molecule is Cc1cncc(C(O)c2cccc(OC(C)C)c2)c1. The van der Waals surface area contributed by atoms with Gasteiger partial charge in [0.1, 0.15) is 11.9 Å². The summed E-state index contributed by atoms with van der Waals surface area (Å²) < 4.78 is 5.64. The minimum atomic E-state index is -0.678. The van der Waals surface area contributed by atoms with Crippen molar-refractivity contribution in [2.24, 2.45) is 0 Å². The fourth-order valence-electron chi connectivity index (χ4n) is 1.95. The second-order valence-electron chi connectivity index (χ2n) is 4.94. The largest absolute Gasteiger partial charge is 0.491 e. The van der Waals surface area contributed by atoms with Crippen LogP contribution in [0.2, 0.25) is 0 Å². The topological polar surface area (TPSA) is 42.4 Å². The van der Waals surface area contributed by atoms with E-state index >= 15 is 0 Å². The Morgan fingerprint density at radius 3 is 2.58 bits per heavy atom. The molecule has 1 unspecified atom stereocenters. The van der Waals surface area contributed by atoms with Crippen molar-refractivity contribution in [2.75, 3.05) is 0 Å². The van der Waals surface area contributed by atoms with Gasteiger partial charge in [0.15, 0.2) is 0 Å². The van der Waals surface area contributed by atoms with E-state index in [9.17, 15) is 5.11 Å². The maximum atomic E-state index is 10.4. The predicted molar refractivity (Wildman–Crippen MR) is 75.2 cm³/mol. The normalized spacial score (nSPS) is 12.5. The molecule has 0 aliphatic carbocycles. The molecule has 1 heterocycles. The molecule has 0 saturated heterocycles. The van der Waals surface area contributed by atoms with Crippen LogP contribution < -0.4 is 4.74 Å². The van der Waals surface area contributed by atoms with Gasteiger partial charge in [0.25, 0.3) is 0 Å². The minimum Gasteiger partial charge on any atom is -0.491 e. The van der Waals surface area contributed by atoms with Gasteiger partial charge in [0, 0.05) is 18.0 Å². The van der Waals surface area contributed by atoms with Crippen molar-refractivity contribution in [3.05, 3.63) is 59.4 Å². The molecule has 0 radical (unpaired) electrons. The van der Waals surface area contributed by atoms with E-state index in [1.807, 2.05) is 51.1 Å². The lowest BCUT2D eigenvalue weighted by Crippen LogP contribution is -2.06. The van der Waals surface area contributed by atoms with E-state index in [0.717, 1.165) is 22.4 Å². The Balaban J connectivity index is 2.26.